The first-order valence-corrected chi connectivity index (χ1v) is 21.7. The standard InChI is InChI=1S/C46H78N4O8/c1-13-32(6)43(49(10)45(54)36(30(2)3)28-39(52)42(31(4)5)48(9)24-18-17-23-47-8)40(57-11)29-41(53)50-25-19-22-37(50)44(58-12)33(7)38(51)27-35(46(55)56)26-34-20-15-14-16-21-34/h14-16,20-21,30-33,35-37,40,42-44,47H,13,17-19,22-29H2,1-12H3,(H,55,56)/t32-,33-,35+,36-,37-,40+,42-,43-,44+/m0/s1. The molecule has 58 heavy (non-hydrogen) atoms. The Morgan fingerprint density at radius 1 is 0.897 bits per heavy atom. The number of benzene rings is 1. The fourth-order valence-electron chi connectivity index (χ4n) is 9.05. The maximum absolute atomic E-state index is 14.5. The number of nitrogens with zero attached hydrogens (tertiary/aromatic N) is 3. The number of aliphatic carboxylic acids is 1. The molecule has 12 heteroatoms. The summed E-state index contributed by atoms with van der Waals surface area (Å²) in [6.45, 7) is 16.2. The van der Waals surface area contributed by atoms with E-state index in [-0.39, 0.29) is 78.9 Å². The van der Waals surface area contributed by atoms with Crippen LogP contribution in [-0.2, 0) is 39.9 Å². The van der Waals surface area contributed by atoms with Crippen LogP contribution in [0.15, 0.2) is 30.3 Å². The van der Waals surface area contributed by atoms with Gasteiger partial charge < -0.3 is 29.7 Å². The van der Waals surface area contributed by atoms with Crippen LogP contribution >= 0.6 is 0 Å². The molecule has 0 saturated carbocycles. The predicted octanol–water partition coefficient (Wildman–Crippen LogP) is 6.00. The van der Waals surface area contributed by atoms with Gasteiger partial charge >= 0.3 is 5.97 Å². The zero-order valence-corrected chi connectivity index (χ0v) is 37.9. The number of ketones is 2. The van der Waals surface area contributed by atoms with Gasteiger partial charge in [-0.1, -0.05) is 85.2 Å². The minimum Gasteiger partial charge on any atom is -0.481 e. The Bertz CT molecular complexity index is 1420. The van der Waals surface area contributed by atoms with Gasteiger partial charge in [0.2, 0.25) is 11.8 Å². The highest BCUT2D eigenvalue weighted by Crippen LogP contribution is 2.32. The first kappa shape index (κ1) is 51.0. The van der Waals surface area contributed by atoms with Crippen LogP contribution in [0.1, 0.15) is 105 Å². The number of Topliss-reactive ketones (excluding diaryl/α,β-unsaturated/α-hetero) is 2. The SMILES string of the molecule is CC[C@H](C)[C@@H]([C@@H](CC(=O)N1CCC[C@H]1[C@H](OC)[C@@H](C)C(=O)C[C@@H](Cc1ccccc1)C(=O)O)OC)N(C)C(=O)[C@@H](CC(=O)[C@H](C(C)C)N(C)CCCCNC)C(C)C. The van der Waals surface area contributed by atoms with Crippen LogP contribution in [-0.4, -0.2) is 134 Å². The smallest absolute Gasteiger partial charge is 0.307 e. The van der Waals surface area contributed by atoms with Crippen molar-refractivity contribution in [3.05, 3.63) is 35.9 Å². The van der Waals surface area contributed by atoms with Gasteiger partial charge in [0.1, 0.15) is 5.78 Å². The lowest BCUT2D eigenvalue weighted by Gasteiger charge is -2.41. The van der Waals surface area contributed by atoms with Gasteiger partial charge in [-0.25, -0.2) is 0 Å². The van der Waals surface area contributed by atoms with E-state index in [1.807, 2.05) is 58.3 Å². The summed E-state index contributed by atoms with van der Waals surface area (Å²) in [5.41, 5.74) is 0.851. The number of hydrogen-bond donors (Lipinski definition) is 2. The highest BCUT2D eigenvalue weighted by atomic mass is 16.5. The third-order valence-corrected chi connectivity index (χ3v) is 12.6. The average molecular weight is 815 g/mol. The fourth-order valence-corrected chi connectivity index (χ4v) is 9.05. The summed E-state index contributed by atoms with van der Waals surface area (Å²) in [5.74, 6) is -3.49. The normalized spacial score (nSPS) is 18.7. The minimum atomic E-state index is -1.02. The van der Waals surface area contributed by atoms with Crippen molar-refractivity contribution in [2.24, 2.45) is 35.5 Å². The van der Waals surface area contributed by atoms with E-state index < -0.39 is 42.0 Å². The van der Waals surface area contributed by atoms with E-state index in [0.29, 0.717) is 13.0 Å². The number of methoxy groups -OCH3 is 2. The minimum absolute atomic E-state index is 0.0146. The summed E-state index contributed by atoms with van der Waals surface area (Å²) in [4.78, 5) is 74.3. The van der Waals surface area contributed by atoms with Crippen molar-refractivity contribution in [2.75, 3.05) is 55.0 Å². The highest BCUT2D eigenvalue weighted by Gasteiger charge is 2.43. The van der Waals surface area contributed by atoms with Crippen molar-refractivity contribution >= 4 is 29.4 Å². The number of unbranched alkanes of at least 4 members (excludes halogenated alkanes) is 1. The number of carboxylic acids is 1. The molecule has 2 N–H and O–H groups in total. The van der Waals surface area contributed by atoms with Crippen LogP contribution in [0.5, 0.6) is 0 Å². The molecular weight excluding hydrogens is 737 g/mol. The zero-order valence-electron chi connectivity index (χ0n) is 37.9. The van der Waals surface area contributed by atoms with Gasteiger partial charge in [0.15, 0.2) is 5.78 Å². The molecule has 1 aliphatic rings. The molecule has 1 aromatic rings. The first-order chi connectivity index (χ1) is 27.4. The summed E-state index contributed by atoms with van der Waals surface area (Å²) >= 11 is 0. The predicted molar refractivity (Wildman–Crippen MR) is 229 cm³/mol. The topological polar surface area (TPSA) is 146 Å². The monoisotopic (exact) mass is 815 g/mol. The van der Waals surface area contributed by atoms with Gasteiger partial charge in [-0.3, -0.25) is 28.9 Å². The van der Waals surface area contributed by atoms with E-state index in [2.05, 4.69) is 37.9 Å². The van der Waals surface area contributed by atoms with Crippen LogP contribution in [0, 0.1) is 35.5 Å². The van der Waals surface area contributed by atoms with Crippen molar-refractivity contribution in [2.45, 2.75) is 137 Å². The number of amides is 2. The maximum Gasteiger partial charge on any atom is 0.307 e. The van der Waals surface area contributed by atoms with E-state index in [0.717, 1.165) is 44.3 Å². The van der Waals surface area contributed by atoms with E-state index in [4.69, 9.17) is 9.47 Å². The van der Waals surface area contributed by atoms with Gasteiger partial charge in [-0.2, -0.15) is 0 Å². The molecule has 0 spiro atoms. The second kappa shape index (κ2) is 25.4. The lowest BCUT2D eigenvalue weighted by Crippen LogP contribution is -2.54. The third-order valence-electron chi connectivity index (χ3n) is 12.6. The molecule has 330 valence electrons. The van der Waals surface area contributed by atoms with Crippen LogP contribution < -0.4 is 5.32 Å². The lowest BCUT2D eigenvalue weighted by molar-refractivity contribution is -0.149. The Balaban J connectivity index is 2.26. The molecule has 1 aliphatic heterocycles. The number of hydrogen-bond acceptors (Lipinski definition) is 9. The summed E-state index contributed by atoms with van der Waals surface area (Å²) in [7, 11) is 8.82. The summed E-state index contributed by atoms with van der Waals surface area (Å²) in [6.07, 6.45) is 3.15. The number of nitrogens with one attached hydrogen (secondary N) is 1. The summed E-state index contributed by atoms with van der Waals surface area (Å²) < 4.78 is 12.0. The van der Waals surface area contributed by atoms with E-state index in [1.54, 1.807) is 30.9 Å². The molecule has 0 aliphatic carbocycles. The Kier molecular flexibility index (Phi) is 22.3. The molecule has 2 rings (SSSR count). The number of carboxylic acid groups (broad SMARTS) is 1. The maximum atomic E-state index is 14.5. The Morgan fingerprint density at radius 2 is 1.55 bits per heavy atom. The number of likely N-dealkylation sites (N-methyl/N-ethyl adjacent to an activating group) is 2. The molecule has 1 saturated heterocycles. The second-order valence-corrected chi connectivity index (χ2v) is 17.5. The molecule has 1 aromatic carbocycles. The first-order valence-electron chi connectivity index (χ1n) is 21.7. The van der Waals surface area contributed by atoms with Crippen molar-refractivity contribution in [3.8, 4) is 0 Å². The number of ether oxygens (including phenoxy) is 2. The van der Waals surface area contributed by atoms with E-state index in [9.17, 15) is 29.1 Å². The van der Waals surface area contributed by atoms with Crippen molar-refractivity contribution < 1.29 is 38.6 Å². The number of carbonyl (C=O) groups is 5. The van der Waals surface area contributed by atoms with Gasteiger partial charge in [-0.05, 0) is 82.6 Å². The van der Waals surface area contributed by atoms with E-state index >= 15 is 0 Å². The number of carbonyl (C=O) groups excluding carboxylic acids is 4. The zero-order chi connectivity index (χ0) is 43.7. The Labute approximate surface area is 350 Å². The van der Waals surface area contributed by atoms with Crippen LogP contribution in [0.2, 0.25) is 0 Å². The molecule has 0 radical (unpaired) electrons. The van der Waals surface area contributed by atoms with Crippen LogP contribution in [0.4, 0.5) is 0 Å². The van der Waals surface area contributed by atoms with Gasteiger partial charge in [0, 0.05) is 52.5 Å². The third kappa shape index (κ3) is 14.5. The Morgan fingerprint density at radius 3 is 2.09 bits per heavy atom. The summed E-state index contributed by atoms with van der Waals surface area (Å²) in [5, 5.41) is 13.2. The average Bonchev–Trinajstić information content (AvgIpc) is 3.67. The van der Waals surface area contributed by atoms with Crippen LogP contribution in [0.3, 0.4) is 0 Å². The highest BCUT2D eigenvalue weighted by molar-refractivity contribution is 5.90. The van der Waals surface area contributed by atoms with E-state index in [1.165, 1.54) is 7.11 Å². The molecule has 0 unspecified atom stereocenters. The largest absolute Gasteiger partial charge is 0.481 e. The fraction of sp³-hybridized carbons (Fsp3) is 0.761. The molecule has 9 atom stereocenters. The van der Waals surface area contributed by atoms with Gasteiger partial charge in [0.05, 0.1) is 42.7 Å². The molecule has 1 fully saturated rings. The molecule has 12 nitrogen and oxygen atoms in total. The van der Waals surface area contributed by atoms with Crippen molar-refractivity contribution in [3.63, 3.8) is 0 Å². The number of rotatable bonds is 28. The van der Waals surface area contributed by atoms with Gasteiger partial charge in [0.25, 0.3) is 0 Å². The molecular formula is C46H78N4O8. The quantitative estimate of drug-likeness (QED) is 0.0968. The molecule has 0 aromatic heterocycles. The molecule has 0 bridgehead atoms. The van der Waals surface area contributed by atoms with Crippen LogP contribution in [0.25, 0.3) is 0 Å². The lowest BCUT2D eigenvalue weighted by atomic mass is 9.83. The number of likely N-dealkylation sites (tertiary alicyclic amines) is 1. The second-order valence-electron chi connectivity index (χ2n) is 17.5. The van der Waals surface area contributed by atoms with Crippen molar-refractivity contribution in [1.29, 1.82) is 0 Å². The van der Waals surface area contributed by atoms with Crippen molar-refractivity contribution in [1.82, 2.24) is 20.0 Å². The molecule has 2 amide bonds. The molecule has 1 heterocycles. The van der Waals surface area contributed by atoms with Gasteiger partial charge in [-0.15, -0.1) is 0 Å². The summed E-state index contributed by atoms with van der Waals surface area (Å²) in [6, 6.07) is 8.18. The Hall–Kier alpha value is -3.19.